The van der Waals surface area contributed by atoms with Crippen LogP contribution in [0.1, 0.15) is 53.0 Å². The summed E-state index contributed by atoms with van der Waals surface area (Å²) in [5.41, 5.74) is 2.48. The molecular formula is C30H34F3N5OS. The first kappa shape index (κ1) is 27.3. The standard InChI is InChI=1S/C30H34F3N5OS/c31-30(32,33)22-18-38(19-22)29-36-26-11-15-37(16-12-27(26)40-29)14-10-20-6-8-21(9-7-20)17-35-28(39)24-3-1-5-25-23(24)4-2-13-34-25/h1-5,13,17,20-22H,6-12,14-16,18-19H2. The first-order valence-corrected chi connectivity index (χ1v) is 15.1. The van der Waals surface area contributed by atoms with Crippen molar-refractivity contribution in [1.82, 2.24) is 14.9 Å². The zero-order valence-electron chi connectivity index (χ0n) is 22.4. The van der Waals surface area contributed by atoms with Crippen molar-refractivity contribution < 1.29 is 18.0 Å². The van der Waals surface area contributed by atoms with Crippen molar-refractivity contribution in [3.63, 3.8) is 0 Å². The predicted octanol–water partition coefficient (Wildman–Crippen LogP) is 6.20. The summed E-state index contributed by atoms with van der Waals surface area (Å²) in [5.74, 6) is -0.378. The fraction of sp³-hybridized carbons (Fsp3) is 0.533. The molecule has 2 aromatic heterocycles. The number of carbonyl (C=O) groups is 1. The summed E-state index contributed by atoms with van der Waals surface area (Å²) in [5, 5.41) is 1.60. The van der Waals surface area contributed by atoms with E-state index >= 15 is 0 Å². The van der Waals surface area contributed by atoms with E-state index in [1.807, 2.05) is 36.5 Å². The second-order valence-corrected chi connectivity index (χ2v) is 12.4. The lowest BCUT2D eigenvalue weighted by molar-refractivity contribution is -0.180. The number of halogens is 3. The molecule has 2 aliphatic heterocycles. The van der Waals surface area contributed by atoms with Gasteiger partial charge in [0.1, 0.15) is 0 Å². The van der Waals surface area contributed by atoms with Crippen molar-refractivity contribution >= 4 is 39.5 Å². The predicted molar refractivity (Wildman–Crippen MR) is 152 cm³/mol. The van der Waals surface area contributed by atoms with E-state index in [-0.39, 0.29) is 19.0 Å². The van der Waals surface area contributed by atoms with Gasteiger partial charge in [-0.3, -0.25) is 9.78 Å². The molecule has 1 amide bonds. The molecule has 212 valence electrons. The maximum atomic E-state index is 12.8. The smallest absolute Gasteiger partial charge is 0.347 e. The molecule has 6 nitrogen and oxygen atoms in total. The Morgan fingerprint density at radius 1 is 1.07 bits per heavy atom. The molecule has 3 aliphatic rings. The number of anilines is 1. The summed E-state index contributed by atoms with van der Waals surface area (Å²) < 4.78 is 38.5. The number of pyridine rings is 1. The van der Waals surface area contributed by atoms with Gasteiger partial charge < -0.3 is 9.80 Å². The molecule has 0 N–H and O–H groups in total. The van der Waals surface area contributed by atoms with Crippen molar-refractivity contribution in [2.75, 3.05) is 37.6 Å². The average Bonchev–Trinajstić information content (AvgIpc) is 3.22. The van der Waals surface area contributed by atoms with E-state index in [1.165, 1.54) is 11.3 Å². The van der Waals surface area contributed by atoms with Crippen LogP contribution in [0.4, 0.5) is 18.3 Å². The highest BCUT2D eigenvalue weighted by atomic mass is 32.1. The first-order chi connectivity index (χ1) is 19.3. The minimum atomic E-state index is -4.10. The van der Waals surface area contributed by atoms with E-state index in [4.69, 9.17) is 4.98 Å². The molecule has 4 heterocycles. The third-order valence-electron chi connectivity index (χ3n) is 8.73. The zero-order valence-corrected chi connectivity index (χ0v) is 23.3. The summed E-state index contributed by atoms with van der Waals surface area (Å²) in [6.07, 6.45) is 6.90. The Balaban J connectivity index is 0.928. The second-order valence-electron chi connectivity index (χ2n) is 11.4. The normalized spacial score (nSPS) is 22.8. The lowest BCUT2D eigenvalue weighted by atomic mass is 9.81. The number of thiazole rings is 1. The van der Waals surface area contributed by atoms with Crippen LogP contribution in [0.3, 0.4) is 0 Å². The molecular weight excluding hydrogens is 535 g/mol. The van der Waals surface area contributed by atoms with E-state index in [0.717, 1.165) is 79.9 Å². The summed E-state index contributed by atoms with van der Waals surface area (Å²) in [6.45, 7) is 3.07. The van der Waals surface area contributed by atoms with Crippen LogP contribution in [-0.4, -0.2) is 65.9 Å². The number of hydrogen-bond acceptors (Lipinski definition) is 6. The highest BCUT2D eigenvalue weighted by Crippen LogP contribution is 2.39. The molecule has 0 spiro atoms. The van der Waals surface area contributed by atoms with Crippen LogP contribution in [0.5, 0.6) is 0 Å². The molecule has 0 atom stereocenters. The topological polar surface area (TPSA) is 61.7 Å². The Kier molecular flexibility index (Phi) is 7.90. The molecule has 10 heteroatoms. The summed E-state index contributed by atoms with van der Waals surface area (Å²) in [7, 11) is 0. The van der Waals surface area contributed by atoms with Crippen LogP contribution >= 0.6 is 11.3 Å². The fourth-order valence-corrected chi connectivity index (χ4v) is 7.23. The number of rotatable bonds is 6. The number of fused-ring (bicyclic) bond motifs is 2. The Morgan fingerprint density at radius 3 is 2.67 bits per heavy atom. The van der Waals surface area contributed by atoms with E-state index in [9.17, 15) is 18.0 Å². The Bertz CT molecular complexity index is 1340. The van der Waals surface area contributed by atoms with Crippen molar-refractivity contribution in [1.29, 1.82) is 0 Å². The monoisotopic (exact) mass is 569 g/mol. The Labute approximate surface area is 236 Å². The zero-order chi connectivity index (χ0) is 27.7. The van der Waals surface area contributed by atoms with Crippen molar-refractivity contribution in [3.8, 4) is 0 Å². The van der Waals surface area contributed by atoms with Crippen LogP contribution in [0.2, 0.25) is 0 Å². The van der Waals surface area contributed by atoms with Crippen LogP contribution in [0.15, 0.2) is 41.5 Å². The largest absolute Gasteiger partial charge is 0.395 e. The van der Waals surface area contributed by atoms with Crippen molar-refractivity contribution in [2.45, 2.75) is 51.1 Å². The molecule has 1 saturated heterocycles. The molecule has 0 unspecified atom stereocenters. The lowest BCUT2D eigenvalue weighted by Gasteiger charge is -2.39. The molecule has 1 saturated carbocycles. The van der Waals surface area contributed by atoms with Crippen LogP contribution in [-0.2, 0) is 12.8 Å². The number of nitrogens with zero attached hydrogens (tertiary/aromatic N) is 5. The molecule has 6 rings (SSSR count). The number of carbonyl (C=O) groups excluding carboxylic acids is 1. The van der Waals surface area contributed by atoms with E-state index < -0.39 is 12.1 Å². The molecule has 40 heavy (non-hydrogen) atoms. The Hall–Kier alpha value is -2.85. The summed E-state index contributed by atoms with van der Waals surface area (Å²) in [4.78, 5) is 31.7. The Morgan fingerprint density at radius 2 is 1.88 bits per heavy atom. The van der Waals surface area contributed by atoms with E-state index in [0.29, 0.717) is 17.4 Å². The second kappa shape index (κ2) is 11.6. The van der Waals surface area contributed by atoms with E-state index in [2.05, 4.69) is 14.9 Å². The summed E-state index contributed by atoms with van der Waals surface area (Å²) >= 11 is 1.58. The molecule has 0 radical (unpaired) electrons. The highest BCUT2D eigenvalue weighted by Gasteiger charge is 2.48. The third kappa shape index (κ3) is 6.07. The van der Waals surface area contributed by atoms with Crippen LogP contribution < -0.4 is 4.90 Å². The summed E-state index contributed by atoms with van der Waals surface area (Å²) in [6, 6.07) is 9.33. The quantitative estimate of drug-likeness (QED) is 0.331. The fourth-order valence-electron chi connectivity index (χ4n) is 6.12. The van der Waals surface area contributed by atoms with Gasteiger partial charge in [0.05, 0.1) is 22.7 Å². The van der Waals surface area contributed by atoms with Gasteiger partial charge in [0.2, 0.25) is 0 Å². The van der Waals surface area contributed by atoms with E-state index in [1.54, 1.807) is 22.4 Å². The maximum Gasteiger partial charge on any atom is 0.395 e. The van der Waals surface area contributed by atoms with Gasteiger partial charge in [0, 0.05) is 55.3 Å². The van der Waals surface area contributed by atoms with Gasteiger partial charge in [-0.25, -0.2) is 9.98 Å². The van der Waals surface area contributed by atoms with Crippen LogP contribution in [0, 0.1) is 17.8 Å². The SMILES string of the molecule is O=C(N=CC1CCC(CCN2CCc3nc(N4CC(C(F)(F)F)C4)sc3CC2)CC1)c1cccc2ncccc12. The highest BCUT2D eigenvalue weighted by molar-refractivity contribution is 7.15. The minimum Gasteiger partial charge on any atom is -0.347 e. The first-order valence-electron chi connectivity index (χ1n) is 14.3. The van der Waals surface area contributed by atoms with Gasteiger partial charge >= 0.3 is 6.18 Å². The number of amides is 1. The maximum absolute atomic E-state index is 12.8. The van der Waals surface area contributed by atoms with Crippen LogP contribution in [0.25, 0.3) is 10.9 Å². The third-order valence-corrected chi connectivity index (χ3v) is 9.94. The number of benzene rings is 1. The number of aromatic nitrogens is 2. The van der Waals surface area contributed by atoms with Crippen molar-refractivity contribution in [3.05, 3.63) is 52.7 Å². The molecule has 3 aromatic rings. The molecule has 1 aliphatic carbocycles. The van der Waals surface area contributed by atoms with Gasteiger partial charge in [0.15, 0.2) is 5.13 Å². The molecule has 1 aromatic carbocycles. The molecule has 2 fully saturated rings. The lowest BCUT2D eigenvalue weighted by Crippen LogP contribution is -2.53. The van der Waals surface area contributed by atoms with Gasteiger partial charge in [-0.2, -0.15) is 13.2 Å². The van der Waals surface area contributed by atoms with Gasteiger partial charge in [0.25, 0.3) is 5.91 Å². The van der Waals surface area contributed by atoms with Gasteiger partial charge in [-0.1, -0.05) is 12.1 Å². The minimum absolute atomic E-state index is 0.0361. The van der Waals surface area contributed by atoms with Crippen molar-refractivity contribution in [2.24, 2.45) is 22.7 Å². The van der Waals surface area contributed by atoms with Gasteiger partial charge in [-0.05, 0) is 75.1 Å². The average molecular weight is 570 g/mol. The number of alkyl halides is 3. The molecule has 0 bridgehead atoms. The number of hydrogen-bond donors (Lipinski definition) is 0. The van der Waals surface area contributed by atoms with Gasteiger partial charge in [-0.15, -0.1) is 11.3 Å². The number of aliphatic imine (C=N–C) groups is 1.